The predicted octanol–water partition coefficient (Wildman–Crippen LogP) is 2.26. The van der Waals surface area contributed by atoms with E-state index in [1.54, 1.807) is 0 Å². The van der Waals surface area contributed by atoms with Gasteiger partial charge in [-0.1, -0.05) is 19.9 Å². The van der Waals surface area contributed by atoms with Gasteiger partial charge in [0.2, 0.25) is 0 Å². The van der Waals surface area contributed by atoms with Gasteiger partial charge in [0.15, 0.2) is 11.6 Å². The molecule has 0 spiro atoms. The average molecular weight is 273 g/mol. The molecule has 0 heterocycles. The van der Waals surface area contributed by atoms with E-state index in [-0.39, 0.29) is 6.54 Å². The number of ether oxygens (including phenoxy) is 1. The van der Waals surface area contributed by atoms with Crippen LogP contribution in [0.3, 0.4) is 0 Å². The van der Waals surface area contributed by atoms with Crippen LogP contribution < -0.4 is 5.32 Å². The Morgan fingerprint density at radius 2 is 2.00 bits per heavy atom. The fourth-order valence-electron chi connectivity index (χ4n) is 1.54. The molecule has 1 atom stereocenters. The van der Waals surface area contributed by atoms with E-state index in [0.717, 1.165) is 12.1 Å². The zero-order valence-electron chi connectivity index (χ0n) is 11.3. The van der Waals surface area contributed by atoms with Crippen molar-refractivity contribution in [2.75, 3.05) is 26.3 Å². The van der Waals surface area contributed by atoms with Crippen LogP contribution in [-0.2, 0) is 4.74 Å². The first-order chi connectivity index (χ1) is 9.00. The van der Waals surface area contributed by atoms with Crippen molar-refractivity contribution in [3.05, 3.63) is 35.4 Å². The Labute approximate surface area is 112 Å². The van der Waals surface area contributed by atoms with Crippen LogP contribution in [-0.4, -0.2) is 31.4 Å². The van der Waals surface area contributed by atoms with Gasteiger partial charge in [-0.15, -0.1) is 0 Å². The van der Waals surface area contributed by atoms with Crippen LogP contribution >= 0.6 is 0 Å². The molecule has 5 heteroatoms. The van der Waals surface area contributed by atoms with Crippen LogP contribution in [0.25, 0.3) is 0 Å². The highest BCUT2D eigenvalue weighted by Crippen LogP contribution is 2.15. The lowest BCUT2D eigenvalue weighted by atomic mass is 10.1. The van der Waals surface area contributed by atoms with Crippen molar-refractivity contribution < 1.29 is 18.6 Å². The number of rotatable bonds is 8. The van der Waals surface area contributed by atoms with Crippen molar-refractivity contribution in [1.29, 1.82) is 0 Å². The standard InChI is InChI=1S/C14H21F2NO2/c1-10(2)9-19-6-5-17-8-14(18)11-3-4-12(15)13(16)7-11/h3-4,7,10,14,17-18H,5-6,8-9H2,1-2H3. The number of benzene rings is 1. The highest BCUT2D eigenvalue weighted by molar-refractivity contribution is 5.20. The van der Waals surface area contributed by atoms with Gasteiger partial charge in [0.05, 0.1) is 12.7 Å². The van der Waals surface area contributed by atoms with Gasteiger partial charge in [-0.25, -0.2) is 8.78 Å². The van der Waals surface area contributed by atoms with Crippen LogP contribution in [0.1, 0.15) is 25.5 Å². The summed E-state index contributed by atoms with van der Waals surface area (Å²) >= 11 is 0. The summed E-state index contributed by atoms with van der Waals surface area (Å²) in [6.45, 7) is 6.28. The van der Waals surface area contributed by atoms with Gasteiger partial charge in [0.25, 0.3) is 0 Å². The minimum Gasteiger partial charge on any atom is -0.387 e. The van der Waals surface area contributed by atoms with E-state index in [9.17, 15) is 13.9 Å². The van der Waals surface area contributed by atoms with Gasteiger partial charge in [-0.3, -0.25) is 0 Å². The molecule has 0 saturated carbocycles. The summed E-state index contributed by atoms with van der Waals surface area (Å²) in [5, 5.41) is 12.8. The Morgan fingerprint density at radius 3 is 2.63 bits per heavy atom. The third-order valence-corrected chi connectivity index (χ3v) is 2.54. The molecule has 19 heavy (non-hydrogen) atoms. The quantitative estimate of drug-likeness (QED) is 0.714. The van der Waals surface area contributed by atoms with Crippen molar-refractivity contribution in [3.8, 4) is 0 Å². The molecule has 0 aliphatic heterocycles. The van der Waals surface area contributed by atoms with E-state index in [4.69, 9.17) is 4.74 Å². The predicted molar refractivity (Wildman–Crippen MR) is 69.8 cm³/mol. The van der Waals surface area contributed by atoms with E-state index in [1.807, 2.05) is 0 Å². The first kappa shape index (κ1) is 16.0. The lowest BCUT2D eigenvalue weighted by molar-refractivity contribution is 0.107. The van der Waals surface area contributed by atoms with Gasteiger partial charge in [0, 0.05) is 19.7 Å². The smallest absolute Gasteiger partial charge is 0.159 e. The van der Waals surface area contributed by atoms with Gasteiger partial charge >= 0.3 is 0 Å². The molecule has 0 radical (unpaired) electrons. The third kappa shape index (κ3) is 6.09. The Balaban J connectivity index is 2.23. The highest BCUT2D eigenvalue weighted by Gasteiger charge is 2.10. The van der Waals surface area contributed by atoms with Gasteiger partial charge in [-0.05, 0) is 23.6 Å². The zero-order valence-corrected chi connectivity index (χ0v) is 11.3. The minimum atomic E-state index is -0.947. The van der Waals surface area contributed by atoms with E-state index >= 15 is 0 Å². The number of nitrogens with one attached hydrogen (secondary N) is 1. The SMILES string of the molecule is CC(C)COCCNCC(O)c1ccc(F)c(F)c1. The molecule has 108 valence electrons. The molecule has 1 rings (SSSR count). The van der Waals surface area contributed by atoms with E-state index in [0.29, 0.717) is 31.2 Å². The number of aliphatic hydroxyl groups is 1. The topological polar surface area (TPSA) is 41.5 Å². The van der Waals surface area contributed by atoms with Gasteiger partial charge in [0.1, 0.15) is 0 Å². The molecule has 1 unspecified atom stereocenters. The molecule has 0 fully saturated rings. The largest absolute Gasteiger partial charge is 0.387 e. The van der Waals surface area contributed by atoms with Crippen molar-refractivity contribution in [2.45, 2.75) is 20.0 Å². The maximum absolute atomic E-state index is 13.0. The summed E-state index contributed by atoms with van der Waals surface area (Å²) < 4.78 is 31.1. The summed E-state index contributed by atoms with van der Waals surface area (Å²) in [4.78, 5) is 0. The number of hydrogen-bond acceptors (Lipinski definition) is 3. The second-order valence-corrected chi connectivity index (χ2v) is 4.86. The Kier molecular flexibility index (Phi) is 6.91. The maximum atomic E-state index is 13.0. The average Bonchev–Trinajstić information content (AvgIpc) is 2.36. The van der Waals surface area contributed by atoms with Crippen molar-refractivity contribution >= 4 is 0 Å². The lowest BCUT2D eigenvalue weighted by Crippen LogP contribution is -2.25. The van der Waals surface area contributed by atoms with Crippen LogP contribution in [0.15, 0.2) is 18.2 Å². The van der Waals surface area contributed by atoms with E-state index in [2.05, 4.69) is 19.2 Å². The van der Waals surface area contributed by atoms with Crippen LogP contribution in [0.2, 0.25) is 0 Å². The number of hydrogen-bond donors (Lipinski definition) is 2. The van der Waals surface area contributed by atoms with Crippen LogP contribution in [0.5, 0.6) is 0 Å². The number of aliphatic hydroxyl groups excluding tert-OH is 1. The van der Waals surface area contributed by atoms with E-state index in [1.165, 1.54) is 6.07 Å². The monoisotopic (exact) mass is 273 g/mol. The summed E-state index contributed by atoms with van der Waals surface area (Å²) in [5.74, 6) is -1.37. The molecule has 3 nitrogen and oxygen atoms in total. The fraction of sp³-hybridized carbons (Fsp3) is 0.571. The zero-order chi connectivity index (χ0) is 14.3. The molecule has 0 saturated heterocycles. The summed E-state index contributed by atoms with van der Waals surface area (Å²) in [7, 11) is 0. The van der Waals surface area contributed by atoms with Crippen molar-refractivity contribution in [1.82, 2.24) is 5.32 Å². The molecular weight excluding hydrogens is 252 g/mol. The van der Waals surface area contributed by atoms with Crippen LogP contribution in [0.4, 0.5) is 8.78 Å². The van der Waals surface area contributed by atoms with Crippen molar-refractivity contribution in [3.63, 3.8) is 0 Å². The Hall–Kier alpha value is -1.04. The van der Waals surface area contributed by atoms with Gasteiger partial charge < -0.3 is 15.2 Å². The molecular formula is C14H21F2NO2. The first-order valence-electron chi connectivity index (χ1n) is 6.42. The summed E-state index contributed by atoms with van der Waals surface area (Å²) in [6.07, 6.45) is -0.861. The molecule has 0 aromatic heterocycles. The number of halogens is 2. The molecule has 0 aliphatic rings. The van der Waals surface area contributed by atoms with Crippen LogP contribution in [0, 0.1) is 17.6 Å². The normalized spacial score (nSPS) is 12.9. The highest BCUT2D eigenvalue weighted by atomic mass is 19.2. The molecule has 0 aliphatic carbocycles. The summed E-state index contributed by atoms with van der Waals surface area (Å²) in [5.41, 5.74) is 0.356. The Morgan fingerprint density at radius 1 is 1.26 bits per heavy atom. The van der Waals surface area contributed by atoms with Crippen molar-refractivity contribution in [2.24, 2.45) is 5.92 Å². The molecule has 0 amide bonds. The third-order valence-electron chi connectivity index (χ3n) is 2.54. The second-order valence-electron chi connectivity index (χ2n) is 4.86. The lowest BCUT2D eigenvalue weighted by Gasteiger charge is -2.13. The molecule has 1 aromatic rings. The first-order valence-corrected chi connectivity index (χ1v) is 6.42. The molecule has 2 N–H and O–H groups in total. The maximum Gasteiger partial charge on any atom is 0.159 e. The second kappa shape index (κ2) is 8.19. The minimum absolute atomic E-state index is 0.274. The Bertz CT molecular complexity index is 386. The molecule has 1 aromatic carbocycles. The fourth-order valence-corrected chi connectivity index (χ4v) is 1.54. The van der Waals surface area contributed by atoms with Gasteiger partial charge in [-0.2, -0.15) is 0 Å². The summed E-state index contributed by atoms with van der Waals surface area (Å²) in [6, 6.07) is 3.40. The molecule has 0 bridgehead atoms. The van der Waals surface area contributed by atoms with E-state index < -0.39 is 17.7 Å².